The van der Waals surface area contributed by atoms with Gasteiger partial charge in [0.05, 0.1) is 16.3 Å². The van der Waals surface area contributed by atoms with Crippen LogP contribution < -0.4 is 5.73 Å². The van der Waals surface area contributed by atoms with Crippen LogP contribution in [0.5, 0.6) is 0 Å². The highest BCUT2D eigenvalue weighted by Crippen LogP contribution is 2.29. The van der Waals surface area contributed by atoms with Crippen LogP contribution in [0.25, 0.3) is 11.3 Å². The van der Waals surface area contributed by atoms with Crippen molar-refractivity contribution < 1.29 is 0 Å². The first kappa shape index (κ1) is 13.4. The second-order valence-corrected chi connectivity index (χ2v) is 4.60. The molecule has 2 aromatic rings. The van der Waals surface area contributed by atoms with E-state index in [0.717, 1.165) is 0 Å². The number of pyridine rings is 1. The largest absolute Gasteiger partial charge is 0.397 e. The van der Waals surface area contributed by atoms with Crippen molar-refractivity contribution in [3.05, 3.63) is 63.9 Å². The molecule has 1 heterocycles. The number of hydrogen-bond donors (Lipinski definition) is 1. The predicted molar refractivity (Wildman–Crippen MR) is 77.3 cm³/mol. The maximum Gasteiger partial charge on any atom is 0.102 e. The maximum atomic E-state index is 9.29. The molecule has 2 N–H and O–H groups in total. The summed E-state index contributed by atoms with van der Waals surface area (Å²) >= 11 is 12.0. The van der Waals surface area contributed by atoms with Crippen LogP contribution in [0.3, 0.4) is 0 Å². The van der Waals surface area contributed by atoms with Gasteiger partial charge in [0.25, 0.3) is 0 Å². The molecule has 2 rings (SSSR count). The molecule has 0 spiro atoms. The highest BCUT2D eigenvalue weighted by molar-refractivity contribution is 6.34. The fourth-order valence-electron chi connectivity index (χ4n) is 1.64. The van der Waals surface area contributed by atoms with Crippen molar-refractivity contribution in [2.75, 3.05) is 0 Å². The minimum Gasteiger partial charge on any atom is -0.397 e. The number of hydrogen-bond acceptors (Lipinski definition) is 3. The molecule has 5 heteroatoms. The predicted octanol–water partition coefficient (Wildman–Crippen LogP) is 3.74. The van der Waals surface area contributed by atoms with Gasteiger partial charge in [0.1, 0.15) is 6.07 Å². The molecule has 0 aliphatic carbocycles. The van der Waals surface area contributed by atoms with E-state index in [0.29, 0.717) is 32.4 Å². The number of allylic oxidation sites excluding steroid dienone is 1. The van der Waals surface area contributed by atoms with Gasteiger partial charge in [-0.25, -0.2) is 0 Å². The lowest BCUT2D eigenvalue weighted by Gasteiger charge is -2.08. The van der Waals surface area contributed by atoms with Gasteiger partial charge in [0.15, 0.2) is 0 Å². The van der Waals surface area contributed by atoms with Gasteiger partial charge in [-0.15, -0.1) is 0 Å². The fourth-order valence-corrected chi connectivity index (χ4v) is 2.03. The van der Waals surface area contributed by atoms with Crippen LogP contribution in [0, 0.1) is 11.3 Å². The van der Waals surface area contributed by atoms with E-state index in [1.165, 1.54) is 0 Å². The summed E-state index contributed by atoms with van der Waals surface area (Å²) in [5.74, 6) is 0. The second kappa shape index (κ2) is 5.75. The van der Waals surface area contributed by atoms with Crippen molar-refractivity contribution in [2.24, 2.45) is 5.73 Å². The van der Waals surface area contributed by atoms with E-state index in [-0.39, 0.29) is 0 Å². The fraction of sp³-hybridized carbons (Fsp3) is 0. The Morgan fingerprint density at radius 3 is 2.47 bits per heavy atom. The van der Waals surface area contributed by atoms with Crippen molar-refractivity contribution >= 4 is 34.5 Å². The zero-order valence-electron chi connectivity index (χ0n) is 9.77. The molecular formula is C14H9Cl2N3. The smallest absolute Gasteiger partial charge is 0.102 e. The Hall–Kier alpha value is -2.02. The third-order valence-corrected chi connectivity index (χ3v) is 3.13. The first-order chi connectivity index (χ1) is 9.13. The summed E-state index contributed by atoms with van der Waals surface area (Å²) in [6.07, 6.45) is 3.19. The zero-order chi connectivity index (χ0) is 13.8. The molecular weight excluding hydrogens is 281 g/mol. The highest BCUT2D eigenvalue weighted by atomic mass is 35.5. The minimum absolute atomic E-state index is 0.293. The second-order valence-electron chi connectivity index (χ2n) is 3.76. The van der Waals surface area contributed by atoms with Crippen molar-refractivity contribution in [1.82, 2.24) is 4.98 Å². The van der Waals surface area contributed by atoms with Crippen LogP contribution in [0.1, 0.15) is 11.1 Å². The lowest BCUT2D eigenvalue weighted by atomic mass is 10.0. The number of nitrogens with two attached hydrogens (primary N) is 1. The van der Waals surface area contributed by atoms with Crippen LogP contribution in [-0.2, 0) is 0 Å². The van der Waals surface area contributed by atoms with Crippen molar-refractivity contribution in [3.63, 3.8) is 0 Å². The molecule has 0 saturated carbocycles. The number of nitrogens with zero attached hydrogens (tertiary/aromatic N) is 2. The molecule has 0 aliphatic heterocycles. The van der Waals surface area contributed by atoms with Gasteiger partial charge in [-0.2, -0.15) is 5.26 Å². The Kier molecular flexibility index (Phi) is 4.06. The van der Waals surface area contributed by atoms with E-state index >= 15 is 0 Å². The average molecular weight is 290 g/mol. The van der Waals surface area contributed by atoms with E-state index in [9.17, 15) is 5.26 Å². The number of aromatic nitrogens is 1. The van der Waals surface area contributed by atoms with Crippen molar-refractivity contribution in [1.29, 1.82) is 5.26 Å². The van der Waals surface area contributed by atoms with Crippen LogP contribution in [0.15, 0.2) is 42.7 Å². The van der Waals surface area contributed by atoms with Gasteiger partial charge in [0.2, 0.25) is 0 Å². The zero-order valence-corrected chi connectivity index (χ0v) is 11.3. The first-order valence-electron chi connectivity index (χ1n) is 5.39. The summed E-state index contributed by atoms with van der Waals surface area (Å²) in [6, 6.07) is 10.5. The number of rotatable bonds is 2. The first-order valence-corrected chi connectivity index (χ1v) is 6.14. The lowest BCUT2D eigenvalue weighted by molar-refractivity contribution is 1.32. The minimum atomic E-state index is 0.293. The summed E-state index contributed by atoms with van der Waals surface area (Å²) in [7, 11) is 0. The van der Waals surface area contributed by atoms with E-state index in [4.69, 9.17) is 28.9 Å². The molecule has 1 aromatic carbocycles. The highest BCUT2D eigenvalue weighted by Gasteiger charge is 2.11. The Morgan fingerprint density at radius 2 is 1.84 bits per heavy atom. The van der Waals surface area contributed by atoms with Gasteiger partial charge in [-0.05, 0) is 35.9 Å². The lowest BCUT2D eigenvalue weighted by Crippen LogP contribution is -2.01. The summed E-state index contributed by atoms with van der Waals surface area (Å²) in [4.78, 5) is 3.91. The molecule has 3 nitrogen and oxygen atoms in total. The van der Waals surface area contributed by atoms with Crippen LogP contribution in [0.2, 0.25) is 10.0 Å². The van der Waals surface area contributed by atoms with Gasteiger partial charge >= 0.3 is 0 Å². The molecule has 0 radical (unpaired) electrons. The molecule has 0 aliphatic rings. The van der Waals surface area contributed by atoms with Gasteiger partial charge in [-0.1, -0.05) is 23.2 Å². The van der Waals surface area contributed by atoms with Gasteiger partial charge in [-0.3, -0.25) is 4.98 Å². The van der Waals surface area contributed by atoms with Crippen LogP contribution in [-0.4, -0.2) is 4.98 Å². The third kappa shape index (κ3) is 2.87. The average Bonchev–Trinajstić information content (AvgIpc) is 2.43. The molecule has 19 heavy (non-hydrogen) atoms. The summed E-state index contributed by atoms with van der Waals surface area (Å²) in [5, 5.41) is 10.2. The topological polar surface area (TPSA) is 62.7 Å². The molecule has 0 atom stereocenters. The molecule has 1 aromatic heterocycles. The summed E-state index contributed by atoms with van der Waals surface area (Å²) < 4.78 is 0. The molecule has 0 saturated heterocycles. The molecule has 0 fully saturated rings. The monoisotopic (exact) mass is 289 g/mol. The van der Waals surface area contributed by atoms with Gasteiger partial charge in [0, 0.05) is 23.0 Å². The van der Waals surface area contributed by atoms with Gasteiger partial charge < -0.3 is 5.73 Å². The number of halogens is 2. The quantitative estimate of drug-likeness (QED) is 0.857. The van der Waals surface area contributed by atoms with E-state index in [1.807, 2.05) is 0 Å². The molecule has 0 amide bonds. The Morgan fingerprint density at radius 1 is 1.16 bits per heavy atom. The Labute approximate surface area is 120 Å². The number of nitriles is 1. The van der Waals surface area contributed by atoms with Crippen LogP contribution >= 0.6 is 23.2 Å². The summed E-state index contributed by atoms with van der Waals surface area (Å²) in [6.45, 7) is 0. The van der Waals surface area contributed by atoms with Crippen molar-refractivity contribution in [3.8, 4) is 6.07 Å². The number of benzene rings is 1. The Bertz CT molecular complexity index is 673. The molecule has 0 bridgehead atoms. The maximum absolute atomic E-state index is 9.29. The van der Waals surface area contributed by atoms with E-state index < -0.39 is 0 Å². The third-order valence-electron chi connectivity index (χ3n) is 2.57. The van der Waals surface area contributed by atoms with E-state index in [2.05, 4.69) is 11.1 Å². The van der Waals surface area contributed by atoms with Crippen molar-refractivity contribution in [2.45, 2.75) is 0 Å². The molecule has 94 valence electrons. The SMILES string of the molecule is N#C/C(=C(/N)c1cc(Cl)ccc1Cl)c1ccncc1. The van der Waals surface area contributed by atoms with E-state index in [1.54, 1.807) is 42.7 Å². The normalized spacial score (nSPS) is 11.6. The van der Waals surface area contributed by atoms with Crippen LogP contribution in [0.4, 0.5) is 0 Å². The summed E-state index contributed by atoms with van der Waals surface area (Å²) in [5.41, 5.74) is 7.91. The Balaban J connectivity index is 2.62. The molecule has 0 unspecified atom stereocenters. The standard InChI is InChI=1S/C14H9Cl2N3/c15-10-1-2-13(16)11(7-10)14(18)12(8-17)9-3-5-19-6-4-9/h1-7H,18H2/b14-12-.